The Morgan fingerprint density at radius 2 is 1.60 bits per heavy atom. The molecule has 86 valence electrons. The zero-order chi connectivity index (χ0) is 10.3. The lowest BCUT2D eigenvalue weighted by molar-refractivity contribution is -0.201. The Hall–Kier alpha value is -0.120. The molecule has 3 heterocycles. The molecule has 3 heteroatoms. The Bertz CT molecular complexity index is 205. The molecule has 3 saturated heterocycles. The molecule has 3 nitrogen and oxygen atoms in total. The standard InChI is InChI=1S/C12H20O3/c1-2-3-4-5-8-11(9-6-13-9)15-12(8)10-7-14-10/h8-12H,2-7H2,1H3. The van der Waals surface area contributed by atoms with Crippen molar-refractivity contribution in [1.29, 1.82) is 0 Å². The third-order valence-electron chi connectivity index (χ3n) is 3.75. The van der Waals surface area contributed by atoms with Crippen LogP contribution in [0.2, 0.25) is 0 Å². The molecule has 0 spiro atoms. The lowest BCUT2D eigenvalue weighted by Gasteiger charge is -2.44. The van der Waals surface area contributed by atoms with Gasteiger partial charge in [0.1, 0.15) is 12.2 Å². The fraction of sp³-hybridized carbons (Fsp3) is 1.00. The van der Waals surface area contributed by atoms with Crippen LogP contribution in [-0.4, -0.2) is 37.6 Å². The average molecular weight is 212 g/mol. The first-order valence-electron chi connectivity index (χ1n) is 6.29. The summed E-state index contributed by atoms with van der Waals surface area (Å²) in [6.07, 6.45) is 6.85. The van der Waals surface area contributed by atoms with Gasteiger partial charge in [-0.1, -0.05) is 26.2 Å². The minimum absolute atomic E-state index is 0.385. The van der Waals surface area contributed by atoms with Crippen LogP contribution in [0.25, 0.3) is 0 Å². The fourth-order valence-corrected chi connectivity index (χ4v) is 2.66. The molecule has 3 rings (SSSR count). The molecular weight excluding hydrogens is 192 g/mol. The summed E-state index contributed by atoms with van der Waals surface area (Å²) < 4.78 is 16.5. The summed E-state index contributed by atoms with van der Waals surface area (Å²) in [4.78, 5) is 0. The predicted molar refractivity (Wildman–Crippen MR) is 55.8 cm³/mol. The van der Waals surface area contributed by atoms with E-state index >= 15 is 0 Å². The molecule has 0 aromatic rings. The summed E-state index contributed by atoms with van der Waals surface area (Å²) in [5.41, 5.74) is 0. The molecule has 0 saturated carbocycles. The summed E-state index contributed by atoms with van der Waals surface area (Å²) in [5, 5.41) is 0. The summed E-state index contributed by atoms with van der Waals surface area (Å²) in [6, 6.07) is 0. The van der Waals surface area contributed by atoms with E-state index in [2.05, 4.69) is 6.92 Å². The highest BCUT2D eigenvalue weighted by molar-refractivity contribution is 5.02. The van der Waals surface area contributed by atoms with Crippen LogP contribution in [0.3, 0.4) is 0 Å². The van der Waals surface area contributed by atoms with Crippen molar-refractivity contribution < 1.29 is 14.2 Å². The van der Waals surface area contributed by atoms with Gasteiger partial charge in [-0.15, -0.1) is 0 Å². The van der Waals surface area contributed by atoms with E-state index in [-0.39, 0.29) is 0 Å². The van der Waals surface area contributed by atoms with Crippen molar-refractivity contribution >= 4 is 0 Å². The van der Waals surface area contributed by atoms with Gasteiger partial charge in [0.15, 0.2) is 0 Å². The molecule has 0 amide bonds. The van der Waals surface area contributed by atoms with Crippen LogP contribution < -0.4 is 0 Å². The topological polar surface area (TPSA) is 34.3 Å². The minimum Gasteiger partial charge on any atom is -0.370 e. The molecule has 0 radical (unpaired) electrons. The maximum Gasteiger partial charge on any atom is 0.107 e. The number of epoxide rings is 2. The van der Waals surface area contributed by atoms with Gasteiger partial charge in [0.25, 0.3) is 0 Å². The molecule has 3 fully saturated rings. The smallest absolute Gasteiger partial charge is 0.107 e. The Kier molecular flexibility index (Phi) is 2.71. The van der Waals surface area contributed by atoms with Gasteiger partial charge in [-0.25, -0.2) is 0 Å². The van der Waals surface area contributed by atoms with Crippen molar-refractivity contribution in [2.45, 2.75) is 57.0 Å². The molecule has 0 aromatic heterocycles. The van der Waals surface area contributed by atoms with E-state index in [1.54, 1.807) is 0 Å². The fourth-order valence-electron chi connectivity index (χ4n) is 2.66. The predicted octanol–water partition coefficient (Wildman–Crippen LogP) is 1.75. The van der Waals surface area contributed by atoms with E-state index < -0.39 is 0 Å². The highest BCUT2D eigenvalue weighted by Gasteiger charge is 2.56. The van der Waals surface area contributed by atoms with Crippen LogP contribution in [-0.2, 0) is 14.2 Å². The first-order valence-corrected chi connectivity index (χ1v) is 6.29. The molecule has 0 bridgehead atoms. The van der Waals surface area contributed by atoms with Crippen LogP contribution in [0.5, 0.6) is 0 Å². The first-order chi connectivity index (χ1) is 7.40. The van der Waals surface area contributed by atoms with Crippen molar-refractivity contribution in [3.05, 3.63) is 0 Å². The van der Waals surface area contributed by atoms with Crippen molar-refractivity contribution in [3.63, 3.8) is 0 Å². The summed E-state index contributed by atoms with van der Waals surface area (Å²) in [6.45, 7) is 4.07. The number of ether oxygens (including phenoxy) is 3. The monoisotopic (exact) mass is 212 g/mol. The quantitative estimate of drug-likeness (QED) is 0.497. The highest BCUT2D eigenvalue weighted by Crippen LogP contribution is 2.43. The number of rotatable bonds is 6. The van der Waals surface area contributed by atoms with E-state index in [0.29, 0.717) is 30.3 Å². The molecule has 4 unspecified atom stereocenters. The molecule has 15 heavy (non-hydrogen) atoms. The second kappa shape index (κ2) is 4.04. The van der Waals surface area contributed by atoms with Gasteiger partial charge in [-0.3, -0.25) is 0 Å². The van der Waals surface area contributed by atoms with Crippen molar-refractivity contribution in [2.24, 2.45) is 5.92 Å². The second-order valence-electron chi connectivity index (χ2n) is 4.97. The van der Waals surface area contributed by atoms with E-state index in [4.69, 9.17) is 14.2 Å². The van der Waals surface area contributed by atoms with Gasteiger partial charge in [0.05, 0.1) is 25.4 Å². The number of unbranched alkanes of at least 4 members (excludes halogenated alkanes) is 2. The van der Waals surface area contributed by atoms with Gasteiger partial charge in [-0.05, 0) is 6.42 Å². The zero-order valence-electron chi connectivity index (χ0n) is 9.35. The molecule has 0 aliphatic carbocycles. The maximum absolute atomic E-state index is 5.88. The Morgan fingerprint density at radius 3 is 2.07 bits per heavy atom. The zero-order valence-corrected chi connectivity index (χ0v) is 9.35. The molecular formula is C12H20O3. The average Bonchev–Trinajstić information content (AvgIpc) is 3.01. The Morgan fingerprint density at radius 1 is 1.00 bits per heavy atom. The van der Waals surface area contributed by atoms with Crippen LogP contribution in [0.1, 0.15) is 32.6 Å². The lowest BCUT2D eigenvalue weighted by atomic mass is 9.81. The van der Waals surface area contributed by atoms with Crippen molar-refractivity contribution in [1.82, 2.24) is 0 Å². The van der Waals surface area contributed by atoms with E-state index in [0.717, 1.165) is 13.2 Å². The summed E-state index contributed by atoms with van der Waals surface area (Å²) >= 11 is 0. The lowest BCUT2D eigenvalue weighted by Crippen LogP contribution is -2.54. The van der Waals surface area contributed by atoms with E-state index in [1.807, 2.05) is 0 Å². The van der Waals surface area contributed by atoms with Crippen LogP contribution in [0.4, 0.5) is 0 Å². The van der Waals surface area contributed by atoms with Gasteiger partial charge < -0.3 is 14.2 Å². The minimum atomic E-state index is 0.385. The highest BCUT2D eigenvalue weighted by atomic mass is 16.6. The summed E-state index contributed by atoms with van der Waals surface area (Å²) in [7, 11) is 0. The molecule has 4 atom stereocenters. The number of hydrogen-bond acceptors (Lipinski definition) is 3. The second-order valence-corrected chi connectivity index (χ2v) is 4.97. The van der Waals surface area contributed by atoms with Gasteiger partial charge >= 0.3 is 0 Å². The third kappa shape index (κ3) is 2.05. The van der Waals surface area contributed by atoms with Gasteiger partial charge in [0, 0.05) is 5.92 Å². The normalized spacial score (nSPS) is 47.4. The van der Waals surface area contributed by atoms with Crippen LogP contribution >= 0.6 is 0 Å². The Labute approximate surface area is 91.1 Å². The van der Waals surface area contributed by atoms with Crippen LogP contribution in [0.15, 0.2) is 0 Å². The van der Waals surface area contributed by atoms with E-state index in [1.165, 1.54) is 25.7 Å². The molecule has 0 aromatic carbocycles. The largest absolute Gasteiger partial charge is 0.370 e. The van der Waals surface area contributed by atoms with Gasteiger partial charge in [0.2, 0.25) is 0 Å². The van der Waals surface area contributed by atoms with Crippen molar-refractivity contribution in [2.75, 3.05) is 13.2 Å². The first kappa shape index (κ1) is 10.1. The Balaban J connectivity index is 1.49. The summed E-state index contributed by atoms with van der Waals surface area (Å²) in [5.74, 6) is 0.705. The van der Waals surface area contributed by atoms with Gasteiger partial charge in [-0.2, -0.15) is 0 Å². The molecule has 0 N–H and O–H groups in total. The van der Waals surface area contributed by atoms with E-state index in [9.17, 15) is 0 Å². The molecule has 3 aliphatic heterocycles. The SMILES string of the molecule is CCCCCC1C(C2CO2)OC1C1CO1. The molecule has 3 aliphatic rings. The number of hydrogen-bond donors (Lipinski definition) is 0. The third-order valence-corrected chi connectivity index (χ3v) is 3.75. The van der Waals surface area contributed by atoms with Crippen LogP contribution in [0, 0.1) is 5.92 Å². The van der Waals surface area contributed by atoms with Crippen molar-refractivity contribution in [3.8, 4) is 0 Å². The maximum atomic E-state index is 5.88.